The van der Waals surface area contributed by atoms with Crippen LogP contribution in [0.3, 0.4) is 0 Å². The second-order valence-corrected chi connectivity index (χ2v) is 6.63. The van der Waals surface area contributed by atoms with Crippen molar-refractivity contribution in [3.05, 3.63) is 35.9 Å². The number of rotatable bonds is 5. The van der Waals surface area contributed by atoms with E-state index in [1.54, 1.807) is 0 Å². The van der Waals surface area contributed by atoms with Gasteiger partial charge in [0, 0.05) is 0 Å². The summed E-state index contributed by atoms with van der Waals surface area (Å²) >= 11 is 0. The van der Waals surface area contributed by atoms with Gasteiger partial charge in [0.1, 0.15) is 0 Å². The molecule has 2 nitrogen and oxygen atoms in total. The first kappa shape index (κ1) is 15.1. The molecular weight excluding hydrogens is 260 g/mol. The fourth-order valence-electron chi connectivity index (χ4n) is 3.79. The first-order valence-corrected chi connectivity index (χ1v) is 8.69. The molecule has 0 unspecified atom stereocenters. The van der Waals surface area contributed by atoms with Gasteiger partial charge in [0.2, 0.25) is 0 Å². The third-order valence-electron chi connectivity index (χ3n) is 4.97. The normalized spacial score (nSPS) is 27.6. The molecule has 2 fully saturated rings. The average Bonchev–Trinajstić information content (AvgIpc) is 2.57. The van der Waals surface area contributed by atoms with Crippen LogP contribution < -0.4 is 0 Å². The van der Waals surface area contributed by atoms with Gasteiger partial charge in [-0.25, -0.2) is 0 Å². The first-order chi connectivity index (χ1) is 10.4. The third kappa shape index (κ3) is 4.55. The Morgan fingerprint density at radius 2 is 1.71 bits per heavy atom. The van der Waals surface area contributed by atoms with Crippen molar-refractivity contribution in [3.8, 4) is 0 Å². The lowest BCUT2D eigenvalue weighted by Crippen LogP contribution is -2.36. The molecule has 2 atom stereocenters. The zero-order valence-corrected chi connectivity index (χ0v) is 13.0. The predicted molar refractivity (Wildman–Crippen MR) is 85.2 cm³/mol. The zero-order chi connectivity index (χ0) is 14.3. The lowest BCUT2D eigenvalue weighted by molar-refractivity contribution is -0.113. The number of hydrogen-bond donors (Lipinski definition) is 0. The Hall–Kier alpha value is -0.860. The highest BCUT2D eigenvalue weighted by molar-refractivity contribution is 5.13. The minimum atomic E-state index is 0.314. The van der Waals surface area contributed by atoms with E-state index in [1.807, 2.05) is 6.07 Å². The Morgan fingerprint density at radius 3 is 2.52 bits per heavy atom. The van der Waals surface area contributed by atoms with Gasteiger partial charge in [0.25, 0.3) is 0 Å². The molecule has 0 N–H and O–H groups in total. The van der Waals surface area contributed by atoms with Crippen LogP contribution in [-0.2, 0) is 16.1 Å². The van der Waals surface area contributed by atoms with Crippen molar-refractivity contribution in [2.45, 2.75) is 70.2 Å². The topological polar surface area (TPSA) is 18.5 Å². The maximum Gasteiger partial charge on any atom is 0.0812 e. The minimum Gasteiger partial charge on any atom is -0.374 e. The summed E-state index contributed by atoms with van der Waals surface area (Å²) in [6.07, 6.45) is 11.5. The van der Waals surface area contributed by atoms with Gasteiger partial charge in [-0.3, -0.25) is 0 Å². The van der Waals surface area contributed by atoms with Crippen molar-refractivity contribution < 1.29 is 9.47 Å². The molecule has 0 amide bonds. The van der Waals surface area contributed by atoms with E-state index in [0.29, 0.717) is 18.8 Å². The van der Waals surface area contributed by atoms with Crippen molar-refractivity contribution in [1.82, 2.24) is 0 Å². The second-order valence-electron chi connectivity index (χ2n) is 6.63. The van der Waals surface area contributed by atoms with Gasteiger partial charge in [-0.05, 0) is 43.6 Å². The predicted octanol–water partition coefficient (Wildman–Crippen LogP) is 4.72. The van der Waals surface area contributed by atoms with E-state index < -0.39 is 0 Å². The van der Waals surface area contributed by atoms with Gasteiger partial charge in [-0.2, -0.15) is 0 Å². The largest absolute Gasteiger partial charge is 0.374 e. The van der Waals surface area contributed by atoms with Crippen LogP contribution in [0.5, 0.6) is 0 Å². The smallest absolute Gasteiger partial charge is 0.0812 e. The molecular formula is C19H28O2. The van der Waals surface area contributed by atoms with E-state index in [1.165, 1.54) is 50.5 Å². The summed E-state index contributed by atoms with van der Waals surface area (Å²) in [4.78, 5) is 0. The maximum absolute atomic E-state index is 6.34. The monoisotopic (exact) mass is 288 g/mol. The van der Waals surface area contributed by atoms with Crippen LogP contribution in [0.1, 0.15) is 56.9 Å². The fraction of sp³-hybridized carbons (Fsp3) is 0.684. The van der Waals surface area contributed by atoms with Crippen LogP contribution in [-0.4, -0.2) is 18.8 Å². The van der Waals surface area contributed by atoms with Crippen LogP contribution in [0.25, 0.3) is 0 Å². The maximum atomic E-state index is 6.34. The van der Waals surface area contributed by atoms with Crippen LogP contribution in [0.4, 0.5) is 0 Å². The summed E-state index contributed by atoms with van der Waals surface area (Å²) in [5.41, 5.74) is 1.25. The van der Waals surface area contributed by atoms with Crippen LogP contribution in [0.15, 0.2) is 30.3 Å². The fourth-order valence-corrected chi connectivity index (χ4v) is 3.79. The third-order valence-corrected chi connectivity index (χ3v) is 4.97. The summed E-state index contributed by atoms with van der Waals surface area (Å²) < 4.78 is 12.2. The lowest BCUT2D eigenvalue weighted by Gasteiger charge is -2.36. The molecule has 0 aromatic heterocycles. The summed E-state index contributed by atoms with van der Waals surface area (Å²) in [5.74, 6) is 0.815. The summed E-state index contributed by atoms with van der Waals surface area (Å²) in [6.45, 7) is 1.45. The highest BCUT2D eigenvalue weighted by atomic mass is 16.5. The van der Waals surface area contributed by atoms with E-state index in [9.17, 15) is 0 Å². The summed E-state index contributed by atoms with van der Waals surface area (Å²) in [7, 11) is 0. The van der Waals surface area contributed by atoms with Crippen LogP contribution >= 0.6 is 0 Å². The van der Waals surface area contributed by atoms with Gasteiger partial charge >= 0.3 is 0 Å². The Bertz CT molecular complexity index is 397. The van der Waals surface area contributed by atoms with Crippen molar-refractivity contribution >= 4 is 0 Å². The molecule has 116 valence electrons. The van der Waals surface area contributed by atoms with E-state index in [2.05, 4.69) is 24.3 Å². The van der Waals surface area contributed by atoms with E-state index in [4.69, 9.17) is 9.47 Å². The molecule has 0 radical (unpaired) electrons. The molecule has 1 aliphatic carbocycles. The molecule has 0 bridgehead atoms. The molecule has 2 heteroatoms. The van der Waals surface area contributed by atoms with Gasteiger partial charge in [0.15, 0.2) is 0 Å². The van der Waals surface area contributed by atoms with Gasteiger partial charge in [-0.15, -0.1) is 0 Å². The Morgan fingerprint density at radius 1 is 0.905 bits per heavy atom. The zero-order valence-electron chi connectivity index (χ0n) is 13.0. The second kappa shape index (κ2) is 7.95. The van der Waals surface area contributed by atoms with Crippen molar-refractivity contribution in [2.75, 3.05) is 6.61 Å². The van der Waals surface area contributed by atoms with E-state index >= 15 is 0 Å². The first-order valence-electron chi connectivity index (χ1n) is 8.69. The highest BCUT2D eigenvalue weighted by Crippen LogP contribution is 2.33. The van der Waals surface area contributed by atoms with Gasteiger partial charge in [0.05, 0.1) is 25.4 Å². The SMILES string of the molecule is c1ccc(COC[C@@H]2CCC[C@H](C3CCCCC3)O2)cc1. The standard InChI is InChI=1S/C19H28O2/c1-3-8-16(9-4-1)14-20-15-18-12-7-13-19(21-18)17-10-5-2-6-11-17/h1,3-4,8-9,17-19H,2,5-7,10-15H2/t18-,19+/m0/s1. The highest BCUT2D eigenvalue weighted by Gasteiger charge is 2.29. The molecule has 1 aliphatic heterocycles. The Balaban J connectivity index is 1.41. The number of hydrogen-bond acceptors (Lipinski definition) is 2. The quantitative estimate of drug-likeness (QED) is 0.780. The minimum absolute atomic E-state index is 0.314. The van der Waals surface area contributed by atoms with E-state index in [0.717, 1.165) is 18.9 Å². The number of benzene rings is 1. The molecule has 1 saturated heterocycles. The van der Waals surface area contributed by atoms with Gasteiger partial charge in [-0.1, -0.05) is 49.6 Å². The average molecular weight is 288 g/mol. The molecule has 3 rings (SSSR count). The molecule has 1 heterocycles. The Labute approximate surface area is 128 Å². The van der Waals surface area contributed by atoms with E-state index in [-0.39, 0.29) is 0 Å². The van der Waals surface area contributed by atoms with Crippen LogP contribution in [0.2, 0.25) is 0 Å². The summed E-state index contributed by atoms with van der Waals surface area (Å²) in [5, 5.41) is 0. The molecule has 0 spiro atoms. The van der Waals surface area contributed by atoms with Crippen LogP contribution in [0, 0.1) is 5.92 Å². The van der Waals surface area contributed by atoms with Crippen molar-refractivity contribution in [2.24, 2.45) is 5.92 Å². The number of ether oxygens (including phenoxy) is 2. The molecule has 2 aliphatic rings. The Kier molecular flexibility index (Phi) is 5.70. The summed E-state index contributed by atoms with van der Waals surface area (Å²) in [6, 6.07) is 10.4. The molecule has 1 aromatic carbocycles. The van der Waals surface area contributed by atoms with Crippen molar-refractivity contribution in [1.29, 1.82) is 0 Å². The lowest BCUT2D eigenvalue weighted by atomic mass is 9.82. The molecule has 1 saturated carbocycles. The molecule has 1 aromatic rings. The van der Waals surface area contributed by atoms with Crippen molar-refractivity contribution in [3.63, 3.8) is 0 Å². The van der Waals surface area contributed by atoms with Gasteiger partial charge < -0.3 is 9.47 Å². The molecule has 21 heavy (non-hydrogen) atoms.